The third-order valence-corrected chi connectivity index (χ3v) is 5.65. The summed E-state index contributed by atoms with van der Waals surface area (Å²) in [5.74, 6) is 1.22. The maximum Gasteiger partial charge on any atom is 0.129 e. The number of aromatic nitrogens is 2. The van der Waals surface area contributed by atoms with Crippen molar-refractivity contribution >= 4 is 39.1 Å². The quantitative estimate of drug-likeness (QED) is 0.479. The van der Waals surface area contributed by atoms with Crippen molar-refractivity contribution in [2.45, 2.75) is 44.1 Å². The molecule has 2 aromatic rings. The number of nitrogens with zero attached hydrogens (tertiary/aromatic N) is 2. The highest BCUT2D eigenvalue weighted by Gasteiger charge is 2.21. The summed E-state index contributed by atoms with van der Waals surface area (Å²) in [5.41, 5.74) is 1.48. The van der Waals surface area contributed by atoms with Crippen LogP contribution in [0.5, 0.6) is 0 Å². The lowest BCUT2D eigenvalue weighted by molar-refractivity contribution is -0.117. The number of thioether (sulfide) groups is 1. The van der Waals surface area contributed by atoms with Crippen molar-refractivity contribution in [2.75, 3.05) is 5.75 Å². The van der Waals surface area contributed by atoms with Gasteiger partial charge < -0.3 is 4.79 Å². The first-order valence-corrected chi connectivity index (χ1v) is 8.43. The van der Waals surface area contributed by atoms with Crippen molar-refractivity contribution in [1.29, 1.82) is 0 Å². The molecule has 0 aromatic carbocycles. The second-order valence-corrected chi connectivity index (χ2v) is 7.04. The molecule has 0 saturated heterocycles. The van der Waals surface area contributed by atoms with Crippen LogP contribution in [0.1, 0.15) is 36.6 Å². The van der Waals surface area contributed by atoms with Crippen LogP contribution in [-0.2, 0) is 17.6 Å². The van der Waals surface area contributed by atoms with Crippen molar-refractivity contribution in [3.05, 3.63) is 16.8 Å². The summed E-state index contributed by atoms with van der Waals surface area (Å²) in [7, 11) is 0. The standard InChI is InChI=1S/C14H16N2OS2/c1-9(17)4-3-7-18-13-12-10-5-2-6-11(10)19-14(12)16-8-15-13/h8H,2-7H2,1H3. The number of aryl methyl sites for hydroxylation is 2. The predicted octanol–water partition coefficient (Wildman–Crippen LogP) is 3.64. The van der Waals surface area contributed by atoms with Crippen LogP contribution in [0.15, 0.2) is 11.4 Å². The Hall–Kier alpha value is -0.940. The van der Waals surface area contributed by atoms with Crippen LogP contribution in [0, 0.1) is 0 Å². The van der Waals surface area contributed by atoms with Gasteiger partial charge in [-0.15, -0.1) is 23.1 Å². The highest BCUT2D eigenvalue weighted by molar-refractivity contribution is 7.99. The Labute approximate surface area is 120 Å². The Bertz CT molecular complexity index is 621. The molecule has 0 amide bonds. The van der Waals surface area contributed by atoms with Crippen LogP contribution >= 0.6 is 23.1 Å². The van der Waals surface area contributed by atoms with E-state index in [0.29, 0.717) is 6.42 Å². The van der Waals surface area contributed by atoms with Crippen LogP contribution in [0.25, 0.3) is 10.2 Å². The maximum absolute atomic E-state index is 10.9. The molecule has 3 nitrogen and oxygen atoms in total. The minimum Gasteiger partial charge on any atom is -0.300 e. The average Bonchev–Trinajstić information content (AvgIpc) is 2.94. The third-order valence-electron chi connectivity index (χ3n) is 3.38. The van der Waals surface area contributed by atoms with E-state index in [-0.39, 0.29) is 5.78 Å². The molecule has 0 spiro atoms. The molecule has 0 saturated carbocycles. The molecular formula is C14H16N2OS2. The van der Waals surface area contributed by atoms with Gasteiger partial charge in [0.05, 0.1) is 0 Å². The number of hydrogen-bond donors (Lipinski definition) is 0. The first-order valence-electron chi connectivity index (χ1n) is 6.63. The maximum atomic E-state index is 10.9. The fourth-order valence-corrected chi connectivity index (χ4v) is 4.76. The monoisotopic (exact) mass is 292 g/mol. The lowest BCUT2D eigenvalue weighted by Gasteiger charge is -2.03. The zero-order chi connectivity index (χ0) is 13.2. The number of fused-ring (bicyclic) bond motifs is 3. The molecule has 1 aliphatic rings. The third kappa shape index (κ3) is 2.67. The van der Waals surface area contributed by atoms with E-state index < -0.39 is 0 Å². The number of thiophene rings is 1. The molecule has 2 heterocycles. The van der Waals surface area contributed by atoms with Gasteiger partial charge in [-0.1, -0.05) is 0 Å². The molecule has 5 heteroatoms. The van der Waals surface area contributed by atoms with E-state index in [0.717, 1.165) is 22.0 Å². The van der Waals surface area contributed by atoms with E-state index >= 15 is 0 Å². The van der Waals surface area contributed by atoms with Gasteiger partial charge in [0.25, 0.3) is 0 Å². The Morgan fingerprint density at radius 1 is 1.42 bits per heavy atom. The van der Waals surface area contributed by atoms with Crippen LogP contribution in [-0.4, -0.2) is 21.5 Å². The van der Waals surface area contributed by atoms with E-state index in [1.54, 1.807) is 25.0 Å². The fourth-order valence-electron chi connectivity index (χ4n) is 2.50. The first-order chi connectivity index (χ1) is 9.25. The molecule has 0 fully saturated rings. The molecule has 0 radical (unpaired) electrons. The topological polar surface area (TPSA) is 42.9 Å². The van der Waals surface area contributed by atoms with Crippen molar-refractivity contribution in [1.82, 2.24) is 9.97 Å². The van der Waals surface area contributed by atoms with E-state index in [1.807, 2.05) is 11.3 Å². The summed E-state index contributed by atoms with van der Waals surface area (Å²) in [6, 6.07) is 0. The average molecular weight is 292 g/mol. The molecule has 1 aliphatic carbocycles. The van der Waals surface area contributed by atoms with Crippen molar-refractivity contribution in [3.8, 4) is 0 Å². The molecule has 0 N–H and O–H groups in total. The van der Waals surface area contributed by atoms with Gasteiger partial charge in [-0.25, -0.2) is 9.97 Å². The second kappa shape index (κ2) is 5.59. The van der Waals surface area contributed by atoms with Crippen molar-refractivity contribution in [3.63, 3.8) is 0 Å². The minimum atomic E-state index is 0.268. The molecule has 0 atom stereocenters. The van der Waals surface area contributed by atoms with Crippen LogP contribution in [0.3, 0.4) is 0 Å². The van der Waals surface area contributed by atoms with Crippen molar-refractivity contribution < 1.29 is 4.79 Å². The molecule has 19 heavy (non-hydrogen) atoms. The summed E-state index contributed by atoms with van der Waals surface area (Å²) >= 11 is 3.59. The van der Waals surface area contributed by atoms with E-state index in [9.17, 15) is 4.79 Å². The van der Waals surface area contributed by atoms with Gasteiger partial charge in [-0.2, -0.15) is 0 Å². The molecular weight excluding hydrogens is 276 g/mol. The number of carbonyl (C=O) groups excluding carboxylic acids is 1. The summed E-state index contributed by atoms with van der Waals surface area (Å²) in [6.07, 6.45) is 6.90. The molecule has 0 bridgehead atoms. The van der Waals surface area contributed by atoms with Crippen molar-refractivity contribution in [2.24, 2.45) is 0 Å². The number of ketones is 1. The Morgan fingerprint density at radius 2 is 2.32 bits per heavy atom. The minimum absolute atomic E-state index is 0.268. The zero-order valence-electron chi connectivity index (χ0n) is 10.9. The largest absolute Gasteiger partial charge is 0.300 e. The Balaban J connectivity index is 1.81. The number of Topliss-reactive ketones (excluding diaryl/α,β-unsaturated/α-hetero) is 1. The normalized spacial score (nSPS) is 13.9. The van der Waals surface area contributed by atoms with Gasteiger partial charge in [0.1, 0.15) is 22.0 Å². The smallest absolute Gasteiger partial charge is 0.129 e. The zero-order valence-corrected chi connectivity index (χ0v) is 12.6. The first kappa shape index (κ1) is 13.1. The number of hydrogen-bond acceptors (Lipinski definition) is 5. The molecule has 0 unspecified atom stereocenters. The van der Waals surface area contributed by atoms with E-state index in [1.165, 1.54) is 35.1 Å². The SMILES string of the molecule is CC(=O)CCCSc1ncnc2sc3c(c12)CCC3. The highest BCUT2D eigenvalue weighted by atomic mass is 32.2. The van der Waals surface area contributed by atoms with Gasteiger partial charge in [-0.3, -0.25) is 0 Å². The van der Waals surface area contributed by atoms with Gasteiger partial charge in [0.2, 0.25) is 0 Å². The summed E-state index contributed by atoms with van der Waals surface area (Å²) < 4.78 is 0. The highest BCUT2D eigenvalue weighted by Crippen LogP contribution is 2.40. The molecule has 2 aromatic heterocycles. The van der Waals surface area contributed by atoms with Crippen LogP contribution in [0.2, 0.25) is 0 Å². The summed E-state index contributed by atoms with van der Waals surface area (Å²) in [6.45, 7) is 1.65. The molecule has 3 rings (SSSR count). The van der Waals surface area contributed by atoms with Gasteiger partial charge in [0.15, 0.2) is 0 Å². The van der Waals surface area contributed by atoms with E-state index in [4.69, 9.17) is 0 Å². The fraction of sp³-hybridized carbons (Fsp3) is 0.500. The van der Waals surface area contributed by atoms with E-state index in [2.05, 4.69) is 9.97 Å². The number of carbonyl (C=O) groups is 1. The van der Waals surface area contributed by atoms with Gasteiger partial charge >= 0.3 is 0 Å². The lowest BCUT2D eigenvalue weighted by Crippen LogP contribution is -1.92. The predicted molar refractivity (Wildman–Crippen MR) is 80.1 cm³/mol. The van der Waals surface area contributed by atoms with Gasteiger partial charge in [-0.05, 0) is 43.9 Å². The van der Waals surface area contributed by atoms with Crippen LogP contribution in [0.4, 0.5) is 0 Å². The molecule has 100 valence electrons. The lowest BCUT2D eigenvalue weighted by atomic mass is 10.2. The second-order valence-electron chi connectivity index (χ2n) is 4.87. The van der Waals surface area contributed by atoms with Gasteiger partial charge in [0, 0.05) is 16.7 Å². The Morgan fingerprint density at radius 3 is 3.16 bits per heavy atom. The van der Waals surface area contributed by atoms with Crippen LogP contribution < -0.4 is 0 Å². The number of rotatable bonds is 5. The summed E-state index contributed by atoms with van der Waals surface area (Å²) in [4.78, 5) is 22.4. The summed E-state index contributed by atoms with van der Waals surface area (Å²) in [5, 5.41) is 2.39. The Kier molecular flexibility index (Phi) is 3.84. The molecule has 0 aliphatic heterocycles.